The van der Waals surface area contributed by atoms with Gasteiger partial charge in [-0.15, -0.1) is 0 Å². The second-order valence-corrected chi connectivity index (χ2v) is 5.72. The van der Waals surface area contributed by atoms with E-state index in [9.17, 15) is 23.9 Å². The second kappa shape index (κ2) is 6.04. The Kier molecular flexibility index (Phi) is 4.06. The van der Waals surface area contributed by atoms with Gasteiger partial charge in [0.1, 0.15) is 11.4 Å². The smallest absolute Gasteiger partial charge is 0.341 e. The number of carbonyl (C=O) groups is 2. The standard InChI is InChI=1S/C16H16FN3O4/c17-12-5-10-13(6-14(12)19(8-21)4-3-18)20(9-1-2-9)7-11(15(10)22)16(23)24/h5-9H,1-4,18H2,(H,23,24). The first kappa shape index (κ1) is 16.1. The van der Waals surface area contributed by atoms with E-state index in [-0.39, 0.29) is 30.2 Å². The number of carboxylic acid groups (broad SMARTS) is 1. The highest BCUT2D eigenvalue weighted by atomic mass is 19.1. The number of aromatic carboxylic acids is 1. The summed E-state index contributed by atoms with van der Waals surface area (Å²) in [5.74, 6) is -2.12. The molecule has 0 saturated heterocycles. The molecule has 0 spiro atoms. The van der Waals surface area contributed by atoms with Crippen molar-refractivity contribution in [3.63, 3.8) is 0 Å². The minimum atomic E-state index is -1.35. The third-order valence-corrected chi connectivity index (χ3v) is 4.08. The van der Waals surface area contributed by atoms with E-state index in [2.05, 4.69) is 0 Å². The molecule has 0 bridgehead atoms. The number of fused-ring (bicyclic) bond motifs is 1. The van der Waals surface area contributed by atoms with Gasteiger partial charge in [-0.25, -0.2) is 9.18 Å². The molecular weight excluding hydrogens is 317 g/mol. The maximum absolute atomic E-state index is 14.4. The predicted molar refractivity (Wildman–Crippen MR) is 85.9 cm³/mol. The highest BCUT2D eigenvalue weighted by Crippen LogP contribution is 2.38. The maximum atomic E-state index is 14.4. The molecule has 2 aromatic rings. The molecule has 0 unspecified atom stereocenters. The number of anilines is 1. The van der Waals surface area contributed by atoms with E-state index in [1.54, 1.807) is 4.57 Å². The van der Waals surface area contributed by atoms with Gasteiger partial charge in [-0.1, -0.05) is 0 Å². The maximum Gasteiger partial charge on any atom is 0.341 e. The number of hydrogen-bond donors (Lipinski definition) is 2. The zero-order valence-corrected chi connectivity index (χ0v) is 12.7. The molecule has 1 aliphatic rings. The molecular formula is C16H16FN3O4. The van der Waals surface area contributed by atoms with E-state index in [0.717, 1.165) is 23.8 Å². The Bertz CT molecular complexity index is 889. The highest BCUT2D eigenvalue weighted by Gasteiger charge is 2.27. The number of halogens is 1. The van der Waals surface area contributed by atoms with Gasteiger partial charge in [0, 0.05) is 30.7 Å². The molecule has 0 radical (unpaired) electrons. The van der Waals surface area contributed by atoms with Crippen LogP contribution in [0.25, 0.3) is 10.9 Å². The first-order valence-electron chi connectivity index (χ1n) is 7.51. The molecule has 3 N–H and O–H groups in total. The summed E-state index contributed by atoms with van der Waals surface area (Å²) in [6.07, 6.45) is 3.47. The minimum Gasteiger partial charge on any atom is -0.477 e. The summed E-state index contributed by atoms with van der Waals surface area (Å²) < 4.78 is 16.1. The Hall–Kier alpha value is -2.74. The van der Waals surface area contributed by atoms with Crippen molar-refractivity contribution in [1.82, 2.24) is 4.57 Å². The van der Waals surface area contributed by atoms with E-state index < -0.39 is 22.8 Å². The Morgan fingerprint density at radius 3 is 2.71 bits per heavy atom. The lowest BCUT2D eigenvalue weighted by molar-refractivity contribution is -0.107. The molecule has 7 nitrogen and oxygen atoms in total. The molecule has 1 amide bonds. The number of carboxylic acids is 1. The van der Waals surface area contributed by atoms with Gasteiger partial charge in [-0.3, -0.25) is 9.59 Å². The Morgan fingerprint density at radius 1 is 1.46 bits per heavy atom. The number of nitrogens with two attached hydrogens (primary N) is 1. The van der Waals surface area contributed by atoms with Crippen molar-refractivity contribution < 1.29 is 19.1 Å². The average molecular weight is 333 g/mol. The first-order chi connectivity index (χ1) is 11.5. The lowest BCUT2D eigenvalue weighted by atomic mass is 10.1. The van der Waals surface area contributed by atoms with Crippen LogP contribution in [0.1, 0.15) is 29.2 Å². The van der Waals surface area contributed by atoms with Crippen LogP contribution >= 0.6 is 0 Å². The van der Waals surface area contributed by atoms with Gasteiger partial charge < -0.3 is 20.3 Å². The number of hydrogen-bond acceptors (Lipinski definition) is 4. The van der Waals surface area contributed by atoms with Crippen molar-refractivity contribution in [3.8, 4) is 0 Å². The fourth-order valence-electron chi connectivity index (χ4n) is 2.75. The number of nitrogens with zero attached hydrogens (tertiary/aromatic N) is 2. The number of carbonyl (C=O) groups excluding carboxylic acids is 1. The molecule has 1 aromatic heterocycles. The average Bonchev–Trinajstić information content (AvgIpc) is 3.37. The summed E-state index contributed by atoms with van der Waals surface area (Å²) in [5, 5.41) is 9.18. The summed E-state index contributed by atoms with van der Waals surface area (Å²) in [6, 6.07) is 2.47. The summed E-state index contributed by atoms with van der Waals surface area (Å²) in [4.78, 5) is 35.9. The van der Waals surface area contributed by atoms with Crippen LogP contribution in [0.15, 0.2) is 23.1 Å². The zero-order valence-electron chi connectivity index (χ0n) is 12.7. The van der Waals surface area contributed by atoms with Crippen LogP contribution in [0.3, 0.4) is 0 Å². The first-order valence-corrected chi connectivity index (χ1v) is 7.51. The molecule has 0 atom stereocenters. The van der Waals surface area contributed by atoms with E-state index >= 15 is 0 Å². The predicted octanol–water partition coefficient (Wildman–Crippen LogP) is 1.10. The quantitative estimate of drug-likeness (QED) is 0.770. The summed E-state index contributed by atoms with van der Waals surface area (Å²) in [7, 11) is 0. The molecule has 1 aromatic carbocycles. The fraction of sp³-hybridized carbons (Fsp3) is 0.312. The second-order valence-electron chi connectivity index (χ2n) is 5.72. The minimum absolute atomic E-state index is 0.0124. The van der Waals surface area contributed by atoms with Crippen LogP contribution in [0, 0.1) is 5.82 Å². The normalized spacial score (nSPS) is 13.9. The molecule has 3 rings (SSSR count). The van der Waals surface area contributed by atoms with Crippen LogP contribution in [0.2, 0.25) is 0 Å². The number of pyridine rings is 1. The third-order valence-electron chi connectivity index (χ3n) is 4.08. The van der Waals surface area contributed by atoms with Gasteiger partial charge >= 0.3 is 5.97 Å². The summed E-state index contributed by atoms with van der Waals surface area (Å²) in [6.45, 7) is 0.288. The summed E-state index contributed by atoms with van der Waals surface area (Å²) >= 11 is 0. The monoisotopic (exact) mass is 333 g/mol. The van der Waals surface area contributed by atoms with Crippen molar-refractivity contribution in [3.05, 3.63) is 39.9 Å². The lowest BCUT2D eigenvalue weighted by Crippen LogP contribution is -2.29. The van der Waals surface area contributed by atoms with Crippen LogP contribution < -0.4 is 16.1 Å². The van der Waals surface area contributed by atoms with E-state index in [1.165, 1.54) is 12.3 Å². The van der Waals surface area contributed by atoms with Crippen molar-refractivity contribution in [2.24, 2.45) is 5.73 Å². The van der Waals surface area contributed by atoms with Crippen LogP contribution in [-0.4, -0.2) is 35.1 Å². The number of benzene rings is 1. The SMILES string of the molecule is NCCN(C=O)c1cc2c(cc1F)c(=O)c(C(=O)O)cn2C1CC1. The van der Waals surface area contributed by atoms with Crippen LogP contribution in [-0.2, 0) is 4.79 Å². The summed E-state index contributed by atoms with van der Waals surface area (Å²) in [5.41, 5.74) is 4.72. The molecule has 1 saturated carbocycles. The van der Waals surface area contributed by atoms with Crippen molar-refractivity contribution in [2.75, 3.05) is 18.0 Å². The fourth-order valence-corrected chi connectivity index (χ4v) is 2.75. The lowest BCUT2D eigenvalue weighted by Gasteiger charge is -2.19. The number of aromatic nitrogens is 1. The van der Waals surface area contributed by atoms with E-state index in [1.807, 2.05) is 0 Å². The number of rotatable bonds is 6. The van der Waals surface area contributed by atoms with Crippen LogP contribution in [0.5, 0.6) is 0 Å². The topological polar surface area (TPSA) is 106 Å². The Morgan fingerprint density at radius 2 is 2.17 bits per heavy atom. The van der Waals surface area contributed by atoms with Crippen molar-refractivity contribution in [1.29, 1.82) is 0 Å². The zero-order chi connectivity index (χ0) is 17.4. The molecule has 1 fully saturated rings. The van der Waals surface area contributed by atoms with E-state index in [0.29, 0.717) is 11.9 Å². The van der Waals surface area contributed by atoms with Crippen molar-refractivity contribution in [2.45, 2.75) is 18.9 Å². The number of amides is 1. The van der Waals surface area contributed by atoms with Gasteiger partial charge in [-0.2, -0.15) is 0 Å². The van der Waals surface area contributed by atoms with Gasteiger partial charge in [-0.05, 0) is 25.0 Å². The Balaban J connectivity index is 2.30. The molecule has 1 heterocycles. The largest absolute Gasteiger partial charge is 0.477 e. The Labute approximate surface area is 136 Å². The highest BCUT2D eigenvalue weighted by molar-refractivity contribution is 5.94. The van der Waals surface area contributed by atoms with Crippen molar-refractivity contribution >= 4 is 29.0 Å². The molecule has 24 heavy (non-hydrogen) atoms. The van der Waals surface area contributed by atoms with Gasteiger partial charge in [0.2, 0.25) is 11.8 Å². The third kappa shape index (κ3) is 2.65. The molecule has 1 aliphatic carbocycles. The van der Waals surface area contributed by atoms with Gasteiger partial charge in [0.25, 0.3) is 0 Å². The van der Waals surface area contributed by atoms with E-state index in [4.69, 9.17) is 5.73 Å². The molecule has 0 aliphatic heterocycles. The molecule has 126 valence electrons. The van der Waals surface area contributed by atoms with Gasteiger partial charge in [0.05, 0.1) is 11.2 Å². The van der Waals surface area contributed by atoms with Gasteiger partial charge in [0.15, 0.2) is 0 Å². The molecule has 8 heteroatoms. The van der Waals surface area contributed by atoms with Crippen LogP contribution in [0.4, 0.5) is 10.1 Å².